The van der Waals surface area contributed by atoms with Crippen molar-refractivity contribution >= 4 is 0 Å². The van der Waals surface area contributed by atoms with Crippen LogP contribution in [0.3, 0.4) is 0 Å². The molecule has 2 nitrogen and oxygen atoms in total. The van der Waals surface area contributed by atoms with Crippen molar-refractivity contribution in [1.82, 2.24) is 0 Å². The van der Waals surface area contributed by atoms with Gasteiger partial charge in [-0.05, 0) is 31.9 Å². The van der Waals surface area contributed by atoms with Crippen molar-refractivity contribution in [2.75, 3.05) is 14.2 Å². The van der Waals surface area contributed by atoms with Crippen LogP contribution in [-0.4, -0.2) is 25.9 Å². The fraction of sp³-hybridized carbons (Fsp3) is 0.778. The summed E-state index contributed by atoms with van der Waals surface area (Å²) in [7, 11) is 3.44. The van der Waals surface area contributed by atoms with Gasteiger partial charge in [0.1, 0.15) is 11.7 Å². The lowest BCUT2D eigenvalue weighted by Gasteiger charge is -2.46. The van der Waals surface area contributed by atoms with Crippen LogP contribution in [0.25, 0.3) is 0 Å². The molecular formula is C9H16O2. The van der Waals surface area contributed by atoms with E-state index < -0.39 is 0 Å². The molecule has 0 heterocycles. The molecule has 11 heavy (non-hydrogen) atoms. The Hall–Kier alpha value is -0.340. The summed E-state index contributed by atoms with van der Waals surface area (Å²) in [5, 5.41) is 0. The smallest absolute Gasteiger partial charge is 0.116 e. The molecule has 0 aliphatic heterocycles. The number of hydrogen-bond acceptors (Lipinski definition) is 2. The van der Waals surface area contributed by atoms with E-state index in [0.717, 1.165) is 0 Å². The van der Waals surface area contributed by atoms with Gasteiger partial charge in [-0.1, -0.05) is 0 Å². The van der Waals surface area contributed by atoms with E-state index in [-0.39, 0.29) is 11.7 Å². The normalized spacial score (nSPS) is 37.4. The van der Waals surface area contributed by atoms with Crippen molar-refractivity contribution in [3.05, 3.63) is 11.1 Å². The largest absolute Gasteiger partial charge is 0.374 e. The minimum atomic E-state index is -0.182. The summed E-state index contributed by atoms with van der Waals surface area (Å²) in [4.78, 5) is 0. The molecule has 0 bridgehead atoms. The van der Waals surface area contributed by atoms with Gasteiger partial charge in [0, 0.05) is 14.2 Å². The molecule has 0 aromatic rings. The fourth-order valence-electron chi connectivity index (χ4n) is 1.78. The van der Waals surface area contributed by atoms with Crippen molar-refractivity contribution in [3.8, 4) is 0 Å². The highest BCUT2D eigenvalue weighted by Crippen LogP contribution is 2.42. The van der Waals surface area contributed by atoms with Crippen LogP contribution in [0.4, 0.5) is 0 Å². The molecule has 0 saturated carbocycles. The van der Waals surface area contributed by atoms with Gasteiger partial charge in [0.05, 0.1) is 0 Å². The van der Waals surface area contributed by atoms with E-state index in [0.29, 0.717) is 0 Å². The third-order valence-corrected chi connectivity index (χ3v) is 2.89. The number of hydrogen-bond donors (Lipinski definition) is 0. The first-order valence-corrected chi connectivity index (χ1v) is 3.83. The van der Waals surface area contributed by atoms with Gasteiger partial charge < -0.3 is 9.47 Å². The molecule has 0 N–H and O–H groups in total. The Labute approximate surface area is 68.2 Å². The SMILES string of the molecule is COC1C(C)=C(C)C1(C)OC. The predicted octanol–water partition coefficient (Wildman–Crippen LogP) is 1.76. The number of ether oxygens (including phenoxy) is 2. The zero-order valence-electron chi connectivity index (χ0n) is 7.89. The number of rotatable bonds is 2. The lowest BCUT2D eigenvalue weighted by Crippen LogP contribution is -2.52. The van der Waals surface area contributed by atoms with E-state index in [2.05, 4.69) is 20.8 Å². The second kappa shape index (κ2) is 2.61. The Kier molecular flexibility index (Phi) is 2.08. The van der Waals surface area contributed by atoms with Crippen LogP contribution in [0.2, 0.25) is 0 Å². The first kappa shape index (κ1) is 8.75. The minimum Gasteiger partial charge on any atom is -0.374 e. The topological polar surface area (TPSA) is 18.5 Å². The maximum atomic E-state index is 5.38. The Morgan fingerprint density at radius 3 is 2.09 bits per heavy atom. The Morgan fingerprint density at radius 1 is 1.27 bits per heavy atom. The molecule has 2 atom stereocenters. The van der Waals surface area contributed by atoms with Crippen LogP contribution in [0, 0.1) is 0 Å². The van der Waals surface area contributed by atoms with Gasteiger partial charge >= 0.3 is 0 Å². The molecule has 64 valence electrons. The lowest BCUT2D eigenvalue weighted by molar-refractivity contribution is -0.0896. The van der Waals surface area contributed by atoms with Gasteiger partial charge in [0.2, 0.25) is 0 Å². The van der Waals surface area contributed by atoms with Crippen LogP contribution in [0.1, 0.15) is 20.8 Å². The van der Waals surface area contributed by atoms with E-state index in [1.807, 2.05) is 0 Å². The summed E-state index contributed by atoms with van der Waals surface area (Å²) in [6.45, 7) is 6.24. The van der Waals surface area contributed by atoms with E-state index in [1.54, 1.807) is 14.2 Å². The summed E-state index contributed by atoms with van der Waals surface area (Å²) in [5.41, 5.74) is 2.42. The van der Waals surface area contributed by atoms with Crippen molar-refractivity contribution in [1.29, 1.82) is 0 Å². The molecule has 2 heteroatoms. The molecule has 1 aliphatic carbocycles. The molecule has 0 saturated heterocycles. The highest BCUT2D eigenvalue weighted by molar-refractivity contribution is 5.39. The monoisotopic (exact) mass is 156 g/mol. The molecule has 0 fully saturated rings. The van der Waals surface area contributed by atoms with Crippen molar-refractivity contribution < 1.29 is 9.47 Å². The molecule has 0 aromatic heterocycles. The van der Waals surface area contributed by atoms with Gasteiger partial charge in [-0.3, -0.25) is 0 Å². The predicted molar refractivity (Wildman–Crippen MR) is 44.6 cm³/mol. The maximum Gasteiger partial charge on any atom is 0.116 e. The first-order chi connectivity index (χ1) is 5.07. The van der Waals surface area contributed by atoms with Crippen molar-refractivity contribution in [2.24, 2.45) is 0 Å². The van der Waals surface area contributed by atoms with Gasteiger partial charge in [0.15, 0.2) is 0 Å². The molecule has 1 rings (SSSR count). The minimum absolute atomic E-state index is 0.146. The second-order valence-electron chi connectivity index (χ2n) is 3.23. The van der Waals surface area contributed by atoms with Gasteiger partial charge in [-0.2, -0.15) is 0 Å². The van der Waals surface area contributed by atoms with Crippen LogP contribution in [-0.2, 0) is 9.47 Å². The highest BCUT2D eigenvalue weighted by atomic mass is 16.5. The highest BCUT2D eigenvalue weighted by Gasteiger charge is 2.47. The van der Waals surface area contributed by atoms with Gasteiger partial charge in [-0.25, -0.2) is 0 Å². The molecular weight excluding hydrogens is 140 g/mol. The summed E-state index contributed by atoms with van der Waals surface area (Å²) in [6, 6.07) is 0. The van der Waals surface area contributed by atoms with Crippen LogP contribution >= 0.6 is 0 Å². The second-order valence-corrected chi connectivity index (χ2v) is 3.23. The summed E-state index contributed by atoms with van der Waals surface area (Å²) < 4.78 is 10.7. The van der Waals surface area contributed by atoms with E-state index in [9.17, 15) is 0 Å². The molecule has 0 radical (unpaired) electrons. The quantitative estimate of drug-likeness (QED) is 0.567. The van der Waals surface area contributed by atoms with Gasteiger partial charge in [0.25, 0.3) is 0 Å². The summed E-state index contributed by atoms with van der Waals surface area (Å²) >= 11 is 0. The average Bonchev–Trinajstić information content (AvgIpc) is 2.04. The van der Waals surface area contributed by atoms with Crippen LogP contribution in [0.15, 0.2) is 11.1 Å². The molecule has 0 aromatic carbocycles. The lowest BCUT2D eigenvalue weighted by atomic mass is 9.73. The zero-order valence-corrected chi connectivity index (χ0v) is 7.89. The number of methoxy groups -OCH3 is 2. The molecule has 0 spiro atoms. The van der Waals surface area contributed by atoms with E-state index in [4.69, 9.17) is 9.47 Å². The van der Waals surface area contributed by atoms with Crippen LogP contribution in [0.5, 0.6) is 0 Å². The Morgan fingerprint density at radius 2 is 1.82 bits per heavy atom. The van der Waals surface area contributed by atoms with E-state index in [1.165, 1.54) is 11.1 Å². The standard InChI is InChI=1S/C9H16O2/c1-6-7(2)9(3,11-5)8(6)10-4/h8H,1-5H3. The molecule has 1 aliphatic rings. The van der Waals surface area contributed by atoms with Crippen LogP contribution < -0.4 is 0 Å². The Balaban J connectivity index is 2.87. The third-order valence-electron chi connectivity index (χ3n) is 2.89. The third kappa shape index (κ3) is 0.932. The first-order valence-electron chi connectivity index (χ1n) is 3.83. The van der Waals surface area contributed by atoms with Crippen molar-refractivity contribution in [2.45, 2.75) is 32.5 Å². The molecule has 2 unspecified atom stereocenters. The molecule has 0 amide bonds. The van der Waals surface area contributed by atoms with E-state index >= 15 is 0 Å². The maximum absolute atomic E-state index is 5.38. The van der Waals surface area contributed by atoms with Gasteiger partial charge in [-0.15, -0.1) is 0 Å². The average molecular weight is 156 g/mol. The fourth-order valence-corrected chi connectivity index (χ4v) is 1.78. The zero-order chi connectivity index (χ0) is 8.65. The summed E-state index contributed by atoms with van der Waals surface area (Å²) in [5.74, 6) is 0. The van der Waals surface area contributed by atoms with Crippen molar-refractivity contribution in [3.63, 3.8) is 0 Å². The Bertz CT molecular complexity index is 196. The summed E-state index contributed by atoms with van der Waals surface area (Å²) in [6.07, 6.45) is 0.146.